The van der Waals surface area contributed by atoms with E-state index in [1.807, 2.05) is 0 Å². The van der Waals surface area contributed by atoms with Crippen LogP contribution in [0.1, 0.15) is 28.8 Å². The lowest BCUT2D eigenvalue weighted by Gasteiger charge is -2.28. The molecular formula is C14H16N2O4. The predicted octanol–water partition coefficient (Wildman–Crippen LogP) is 0.578. The number of rotatable bonds is 2. The Hall–Kier alpha value is -2.37. The Morgan fingerprint density at radius 3 is 2.75 bits per heavy atom. The van der Waals surface area contributed by atoms with Gasteiger partial charge in [0.25, 0.3) is 11.8 Å². The smallest absolute Gasteiger partial charge is 0.252 e. The highest BCUT2D eigenvalue weighted by Crippen LogP contribution is 2.18. The van der Waals surface area contributed by atoms with Crippen LogP contribution < -0.4 is 5.32 Å². The molecule has 20 heavy (non-hydrogen) atoms. The predicted molar refractivity (Wildman–Crippen MR) is 71.1 cm³/mol. The number of carbonyl (C=O) groups is 3. The SMILES string of the molecule is Cc1ccc(C(=O)NC2CCC(=O)N(C)C2=O)cc1O. The second kappa shape index (κ2) is 5.32. The van der Waals surface area contributed by atoms with Gasteiger partial charge in [-0.1, -0.05) is 6.07 Å². The highest BCUT2D eigenvalue weighted by Gasteiger charge is 2.32. The Labute approximate surface area is 116 Å². The highest BCUT2D eigenvalue weighted by molar-refractivity contribution is 6.03. The van der Waals surface area contributed by atoms with E-state index >= 15 is 0 Å². The number of phenolic OH excluding ortho intramolecular Hbond substituents is 1. The fourth-order valence-electron chi connectivity index (χ4n) is 2.04. The van der Waals surface area contributed by atoms with Gasteiger partial charge in [-0.3, -0.25) is 19.3 Å². The zero-order valence-electron chi connectivity index (χ0n) is 11.3. The van der Waals surface area contributed by atoms with Gasteiger partial charge in [0.05, 0.1) is 0 Å². The van der Waals surface area contributed by atoms with Crippen LogP contribution in [0, 0.1) is 6.92 Å². The minimum absolute atomic E-state index is 0.0277. The number of amides is 3. The number of aromatic hydroxyl groups is 1. The summed E-state index contributed by atoms with van der Waals surface area (Å²) in [6, 6.07) is 3.86. The van der Waals surface area contributed by atoms with Gasteiger partial charge in [-0.05, 0) is 31.0 Å². The Bertz CT molecular complexity index is 583. The van der Waals surface area contributed by atoms with Gasteiger partial charge >= 0.3 is 0 Å². The summed E-state index contributed by atoms with van der Waals surface area (Å²) in [5, 5.41) is 12.2. The zero-order valence-corrected chi connectivity index (χ0v) is 11.3. The number of phenols is 1. The van der Waals surface area contributed by atoms with Crippen LogP contribution in [0.15, 0.2) is 18.2 Å². The quantitative estimate of drug-likeness (QED) is 0.773. The topological polar surface area (TPSA) is 86.7 Å². The summed E-state index contributed by atoms with van der Waals surface area (Å²) in [4.78, 5) is 36.3. The fraction of sp³-hybridized carbons (Fsp3) is 0.357. The molecule has 2 N–H and O–H groups in total. The first-order chi connectivity index (χ1) is 9.40. The minimum atomic E-state index is -0.700. The number of aryl methyl sites for hydroxylation is 1. The van der Waals surface area contributed by atoms with Gasteiger partial charge in [0.1, 0.15) is 11.8 Å². The summed E-state index contributed by atoms with van der Waals surface area (Å²) in [7, 11) is 1.40. The molecule has 1 saturated heterocycles. The van der Waals surface area contributed by atoms with Gasteiger partial charge in [0.2, 0.25) is 5.91 Å². The van der Waals surface area contributed by atoms with Crippen LogP contribution >= 0.6 is 0 Å². The van der Waals surface area contributed by atoms with E-state index in [0.29, 0.717) is 12.0 Å². The molecule has 0 bridgehead atoms. The standard InChI is InChI=1S/C14H16N2O4/c1-8-3-4-9(7-11(8)17)13(19)15-10-5-6-12(18)16(2)14(10)20/h3-4,7,10,17H,5-6H2,1-2H3,(H,15,19). The fourth-order valence-corrected chi connectivity index (χ4v) is 2.04. The molecule has 1 fully saturated rings. The highest BCUT2D eigenvalue weighted by atomic mass is 16.3. The number of likely N-dealkylation sites (N-methyl/N-ethyl adjacent to an activating group) is 1. The molecule has 0 radical (unpaired) electrons. The molecule has 0 saturated carbocycles. The molecule has 1 unspecified atom stereocenters. The van der Waals surface area contributed by atoms with E-state index in [9.17, 15) is 19.5 Å². The van der Waals surface area contributed by atoms with Crippen LogP contribution in [0.2, 0.25) is 0 Å². The molecule has 1 aliphatic heterocycles. The molecule has 1 aliphatic rings. The number of nitrogens with one attached hydrogen (secondary N) is 1. The van der Waals surface area contributed by atoms with Crippen molar-refractivity contribution in [2.75, 3.05) is 7.05 Å². The van der Waals surface area contributed by atoms with Crippen LogP contribution in [0.25, 0.3) is 0 Å². The molecule has 1 atom stereocenters. The lowest BCUT2D eigenvalue weighted by Crippen LogP contribution is -2.52. The van der Waals surface area contributed by atoms with Crippen molar-refractivity contribution in [1.82, 2.24) is 10.2 Å². The number of carbonyl (C=O) groups excluding carboxylic acids is 3. The van der Waals surface area contributed by atoms with E-state index in [0.717, 1.165) is 4.90 Å². The van der Waals surface area contributed by atoms with Crippen LogP contribution in [-0.4, -0.2) is 40.8 Å². The second-order valence-electron chi connectivity index (χ2n) is 4.86. The van der Waals surface area contributed by atoms with Crippen LogP contribution in [0.5, 0.6) is 5.75 Å². The van der Waals surface area contributed by atoms with E-state index < -0.39 is 17.9 Å². The third kappa shape index (κ3) is 2.64. The van der Waals surface area contributed by atoms with E-state index in [4.69, 9.17) is 0 Å². The van der Waals surface area contributed by atoms with Gasteiger partial charge in [-0.25, -0.2) is 0 Å². The molecule has 1 aromatic rings. The van der Waals surface area contributed by atoms with Crippen molar-refractivity contribution in [3.63, 3.8) is 0 Å². The molecule has 6 heteroatoms. The van der Waals surface area contributed by atoms with Gasteiger partial charge in [-0.15, -0.1) is 0 Å². The molecule has 0 spiro atoms. The monoisotopic (exact) mass is 276 g/mol. The number of likely N-dealkylation sites (tertiary alicyclic amines) is 1. The van der Waals surface area contributed by atoms with Crippen molar-refractivity contribution in [2.24, 2.45) is 0 Å². The lowest BCUT2D eigenvalue weighted by molar-refractivity contribution is -0.147. The largest absolute Gasteiger partial charge is 0.508 e. The number of piperidine rings is 1. The second-order valence-corrected chi connectivity index (χ2v) is 4.86. The molecule has 6 nitrogen and oxygen atoms in total. The van der Waals surface area contributed by atoms with Gasteiger partial charge in [-0.2, -0.15) is 0 Å². The zero-order chi connectivity index (χ0) is 14.9. The number of hydrogen-bond acceptors (Lipinski definition) is 4. The van der Waals surface area contributed by atoms with Crippen LogP contribution in [-0.2, 0) is 9.59 Å². The molecule has 1 heterocycles. The first-order valence-corrected chi connectivity index (χ1v) is 6.31. The average molecular weight is 276 g/mol. The van der Waals surface area contributed by atoms with Crippen molar-refractivity contribution in [1.29, 1.82) is 0 Å². The molecule has 0 aromatic heterocycles. The number of hydrogen-bond donors (Lipinski definition) is 2. The Kier molecular flexibility index (Phi) is 3.74. The lowest BCUT2D eigenvalue weighted by atomic mass is 10.0. The van der Waals surface area contributed by atoms with Gasteiger partial charge < -0.3 is 10.4 Å². The Balaban J connectivity index is 2.09. The normalized spacial score (nSPS) is 19.1. The third-order valence-electron chi connectivity index (χ3n) is 3.43. The van der Waals surface area contributed by atoms with Crippen LogP contribution in [0.3, 0.4) is 0 Å². The number of imide groups is 1. The van der Waals surface area contributed by atoms with Crippen molar-refractivity contribution >= 4 is 17.7 Å². The van der Waals surface area contributed by atoms with E-state index in [-0.39, 0.29) is 23.6 Å². The Morgan fingerprint density at radius 2 is 2.10 bits per heavy atom. The molecule has 1 aromatic carbocycles. The average Bonchev–Trinajstić information content (AvgIpc) is 2.42. The summed E-state index contributed by atoms with van der Waals surface area (Å²) in [5.74, 6) is -1.07. The summed E-state index contributed by atoms with van der Waals surface area (Å²) in [6.45, 7) is 1.72. The van der Waals surface area contributed by atoms with E-state index in [2.05, 4.69) is 5.32 Å². The third-order valence-corrected chi connectivity index (χ3v) is 3.43. The number of benzene rings is 1. The maximum absolute atomic E-state index is 12.0. The molecule has 0 aliphatic carbocycles. The minimum Gasteiger partial charge on any atom is -0.508 e. The molecular weight excluding hydrogens is 260 g/mol. The first kappa shape index (κ1) is 14.0. The van der Waals surface area contributed by atoms with Gasteiger partial charge in [0.15, 0.2) is 0 Å². The van der Waals surface area contributed by atoms with Crippen molar-refractivity contribution in [2.45, 2.75) is 25.8 Å². The Morgan fingerprint density at radius 1 is 1.40 bits per heavy atom. The maximum Gasteiger partial charge on any atom is 0.252 e. The summed E-state index contributed by atoms with van der Waals surface area (Å²) < 4.78 is 0. The first-order valence-electron chi connectivity index (χ1n) is 6.31. The molecule has 2 rings (SSSR count). The molecule has 3 amide bonds. The van der Waals surface area contributed by atoms with E-state index in [1.165, 1.54) is 13.1 Å². The van der Waals surface area contributed by atoms with Crippen molar-refractivity contribution in [3.8, 4) is 5.75 Å². The van der Waals surface area contributed by atoms with E-state index in [1.54, 1.807) is 19.1 Å². The summed E-state index contributed by atoms with van der Waals surface area (Å²) in [5.41, 5.74) is 0.945. The molecule has 106 valence electrons. The number of nitrogens with zero attached hydrogens (tertiary/aromatic N) is 1. The maximum atomic E-state index is 12.0. The summed E-state index contributed by atoms with van der Waals surface area (Å²) in [6.07, 6.45) is 0.526. The van der Waals surface area contributed by atoms with Crippen LogP contribution in [0.4, 0.5) is 0 Å². The van der Waals surface area contributed by atoms with Gasteiger partial charge in [0, 0.05) is 19.0 Å². The van der Waals surface area contributed by atoms with Crippen molar-refractivity contribution < 1.29 is 19.5 Å². The summed E-state index contributed by atoms with van der Waals surface area (Å²) >= 11 is 0. The van der Waals surface area contributed by atoms with Crippen molar-refractivity contribution in [3.05, 3.63) is 29.3 Å².